The predicted molar refractivity (Wildman–Crippen MR) is 91.9 cm³/mol. The highest BCUT2D eigenvalue weighted by atomic mass is 16.5. The number of likely N-dealkylation sites (tertiary alicyclic amines) is 1. The molecule has 2 fully saturated rings. The third kappa shape index (κ3) is 4.00. The quantitative estimate of drug-likeness (QED) is 0.629. The number of amides is 3. The Labute approximate surface area is 147 Å². The van der Waals surface area contributed by atoms with Crippen LogP contribution in [0.1, 0.15) is 31.2 Å². The number of carbonyl (C=O) groups excluding carboxylic acids is 3. The van der Waals surface area contributed by atoms with Gasteiger partial charge in [0.05, 0.1) is 18.4 Å². The van der Waals surface area contributed by atoms with Gasteiger partial charge < -0.3 is 10.1 Å². The molecular formula is C19H24N2O4. The minimum atomic E-state index is -0.326. The number of nitrogens with zero attached hydrogens (tertiary/aromatic N) is 1. The summed E-state index contributed by atoms with van der Waals surface area (Å²) < 4.78 is 5.56. The van der Waals surface area contributed by atoms with Crippen LogP contribution in [0.15, 0.2) is 24.3 Å². The van der Waals surface area contributed by atoms with Crippen LogP contribution in [0.3, 0.4) is 0 Å². The van der Waals surface area contributed by atoms with Gasteiger partial charge in [-0.1, -0.05) is 25.0 Å². The highest BCUT2D eigenvalue weighted by molar-refractivity contribution is 6.07. The smallest absolute Gasteiger partial charge is 0.240 e. The molecule has 3 rings (SSSR count). The van der Waals surface area contributed by atoms with Gasteiger partial charge in [0.1, 0.15) is 18.9 Å². The molecule has 1 N–H and O–H groups in total. The van der Waals surface area contributed by atoms with E-state index in [1.165, 1.54) is 0 Å². The Hall–Kier alpha value is -2.37. The van der Waals surface area contributed by atoms with E-state index in [2.05, 4.69) is 5.32 Å². The molecule has 0 radical (unpaired) electrons. The zero-order chi connectivity index (χ0) is 17.8. The summed E-state index contributed by atoms with van der Waals surface area (Å²) >= 11 is 0. The summed E-state index contributed by atoms with van der Waals surface area (Å²) in [5.74, 6) is -0.351. The van der Waals surface area contributed by atoms with E-state index in [0.717, 1.165) is 41.9 Å². The average molecular weight is 344 g/mol. The number of benzene rings is 1. The van der Waals surface area contributed by atoms with Crippen molar-refractivity contribution in [2.75, 3.05) is 19.7 Å². The average Bonchev–Trinajstić information content (AvgIpc) is 2.84. The normalized spacial score (nSPS) is 22.7. The molecule has 1 saturated carbocycles. The number of ether oxygens (including phenoxy) is 1. The number of nitrogens with one attached hydrogen (secondary N) is 1. The molecule has 6 heteroatoms. The van der Waals surface area contributed by atoms with Gasteiger partial charge in [0.2, 0.25) is 17.7 Å². The van der Waals surface area contributed by atoms with Gasteiger partial charge in [-0.05, 0) is 37.5 Å². The van der Waals surface area contributed by atoms with Crippen molar-refractivity contribution in [2.45, 2.75) is 32.6 Å². The lowest BCUT2D eigenvalue weighted by molar-refractivity contribution is -0.143. The Bertz CT molecular complexity index is 649. The van der Waals surface area contributed by atoms with Crippen LogP contribution in [-0.2, 0) is 14.4 Å². The monoisotopic (exact) mass is 344 g/mol. The summed E-state index contributed by atoms with van der Waals surface area (Å²) in [6.45, 7) is 2.46. The van der Waals surface area contributed by atoms with Crippen molar-refractivity contribution < 1.29 is 19.1 Å². The highest BCUT2D eigenvalue weighted by Crippen LogP contribution is 2.37. The zero-order valence-electron chi connectivity index (χ0n) is 14.5. The summed E-state index contributed by atoms with van der Waals surface area (Å²) in [6, 6.07) is 7.67. The molecule has 1 saturated heterocycles. The summed E-state index contributed by atoms with van der Waals surface area (Å²) in [7, 11) is 0. The number of hydrogen-bond acceptors (Lipinski definition) is 4. The molecule has 2 atom stereocenters. The van der Waals surface area contributed by atoms with E-state index in [0.29, 0.717) is 13.2 Å². The first-order chi connectivity index (χ1) is 12.1. The van der Waals surface area contributed by atoms with Crippen molar-refractivity contribution >= 4 is 17.7 Å². The highest BCUT2D eigenvalue weighted by Gasteiger charge is 2.48. The Kier molecular flexibility index (Phi) is 5.36. The topological polar surface area (TPSA) is 75.7 Å². The van der Waals surface area contributed by atoms with Crippen LogP contribution < -0.4 is 10.1 Å². The van der Waals surface area contributed by atoms with Crippen LogP contribution in [0, 0.1) is 18.8 Å². The van der Waals surface area contributed by atoms with Crippen molar-refractivity contribution in [1.82, 2.24) is 10.2 Å². The number of hydrogen-bond donors (Lipinski definition) is 1. The van der Waals surface area contributed by atoms with Gasteiger partial charge in [-0.15, -0.1) is 0 Å². The minimum Gasteiger partial charge on any atom is -0.492 e. The number of aryl methyl sites for hydroxylation is 1. The summed E-state index contributed by atoms with van der Waals surface area (Å²) in [5.41, 5.74) is 1.11. The van der Waals surface area contributed by atoms with Gasteiger partial charge in [-0.25, -0.2) is 0 Å². The van der Waals surface area contributed by atoms with Crippen molar-refractivity contribution in [3.8, 4) is 5.75 Å². The third-order valence-corrected chi connectivity index (χ3v) is 4.92. The van der Waals surface area contributed by atoms with Crippen LogP contribution >= 0.6 is 0 Å². The lowest BCUT2D eigenvalue weighted by Gasteiger charge is -2.19. The molecule has 2 unspecified atom stereocenters. The van der Waals surface area contributed by atoms with E-state index in [9.17, 15) is 14.4 Å². The van der Waals surface area contributed by atoms with E-state index in [-0.39, 0.29) is 36.1 Å². The Balaban J connectivity index is 1.43. The summed E-state index contributed by atoms with van der Waals surface area (Å²) in [6.07, 6.45) is 3.49. The molecule has 0 spiro atoms. The van der Waals surface area contributed by atoms with Crippen molar-refractivity contribution in [1.29, 1.82) is 0 Å². The molecule has 1 aromatic rings. The van der Waals surface area contributed by atoms with Gasteiger partial charge >= 0.3 is 0 Å². The maximum absolute atomic E-state index is 12.3. The first kappa shape index (κ1) is 17.5. The zero-order valence-corrected chi connectivity index (χ0v) is 14.5. The van der Waals surface area contributed by atoms with Gasteiger partial charge in [0.15, 0.2) is 0 Å². The molecule has 0 bridgehead atoms. The van der Waals surface area contributed by atoms with Crippen LogP contribution in [0.4, 0.5) is 0 Å². The van der Waals surface area contributed by atoms with Crippen molar-refractivity contribution in [3.63, 3.8) is 0 Å². The number of fused-ring (bicyclic) bond motifs is 1. The molecule has 25 heavy (non-hydrogen) atoms. The van der Waals surface area contributed by atoms with Crippen LogP contribution in [0.5, 0.6) is 5.75 Å². The molecule has 1 aliphatic carbocycles. The minimum absolute atomic E-state index is 0.180. The Morgan fingerprint density at radius 1 is 1.20 bits per heavy atom. The van der Waals surface area contributed by atoms with E-state index in [1.54, 1.807) is 0 Å². The molecule has 1 aromatic carbocycles. The fourth-order valence-electron chi connectivity index (χ4n) is 3.65. The first-order valence-electron chi connectivity index (χ1n) is 8.87. The van der Waals surface area contributed by atoms with E-state index >= 15 is 0 Å². The van der Waals surface area contributed by atoms with E-state index < -0.39 is 0 Å². The van der Waals surface area contributed by atoms with E-state index in [1.807, 2.05) is 31.2 Å². The maximum Gasteiger partial charge on any atom is 0.240 e. The van der Waals surface area contributed by atoms with Crippen molar-refractivity contribution in [2.24, 2.45) is 11.8 Å². The standard InChI is InChI=1S/C19H24N2O4/c1-13-5-4-6-14(11-13)25-10-9-20-17(22)12-21-18(23)15-7-2-3-8-16(15)19(21)24/h4-6,11,15-16H,2-3,7-10,12H2,1H3,(H,20,22). The van der Waals surface area contributed by atoms with Crippen LogP contribution in [0.2, 0.25) is 0 Å². The number of rotatable bonds is 6. The van der Waals surface area contributed by atoms with Crippen molar-refractivity contribution in [3.05, 3.63) is 29.8 Å². The lowest BCUT2D eigenvalue weighted by atomic mass is 9.81. The second-order valence-corrected chi connectivity index (χ2v) is 6.77. The van der Waals surface area contributed by atoms with E-state index in [4.69, 9.17) is 4.74 Å². The Morgan fingerprint density at radius 2 is 1.88 bits per heavy atom. The van der Waals surface area contributed by atoms with Gasteiger partial charge in [-0.3, -0.25) is 19.3 Å². The van der Waals surface area contributed by atoms with Gasteiger partial charge in [0, 0.05) is 0 Å². The fourth-order valence-corrected chi connectivity index (χ4v) is 3.65. The summed E-state index contributed by atoms with van der Waals surface area (Å²) in [4.78, 5) is 37.9. The second-order valence-electron chi connectivity index (χ2n) is 6.77. The molecular weight excluding hydrogens is 320 g/mol. The fraction of sp³-hybridized carbons (Fsp3) is 0.526. The number of carbonyl (C=O) groups is 3. The second kappa shape index (κ2) is 7.68. The Morgan fingerprint density at radius 3 is 2.52 bits per heavy atom. The molecule has 1 aliphatic heterocycles. The van der Waals surface area contributed by atoms with Gasteiger partial charge in [0.25, 0.3) is 0 Å². The molecule has 0 aromatic heterocycles. The molecule has 2 aliphatic rings. The molecule has 134 valence electrons. The molecule has 6 nitrogen and oxygen atoms in total. The van der Waals surface area contributed by atoms with Crippen LogP contribution in [0.25, 0.3) is 0 Å². The third-order valence-electron chi connectivity index (χ3n) is 4.92. The van der Waals surface area contributed by atoms with Gasteiger partial charge in [-0.2, -0.15) is 0 Å². The summed E-state index contributed by atoms with van der Waals surface area (Å²) in [5, 5.41) is 2.71. The predicted octanol–water partition coefficient (Wildman–Crippen LogP) is 1.67. The lowest BCUT2D eigenvalue weighted by Crippen LogP contribution is -2.42. The number of imide groups is 1. The SMILES string of the molecule is Cc1cccc(OCCNC(=O)CN2C(=O)C3CCCCC3C2=O)c1. The first-order valence-corrected chi connectivity index (χ1v) is 8.87. The molecule has 3 amide bonds. The maximum atomic E-state index is 12.3. The molecule has 1 heterocycles. The van der Waals surface area contributed by atoms with Crippen LogP contribution in [-0.4, -0.2) is 42.3 Å². The largest absolute Gasteiger partial charge is 0.492 e.